The van der Waals surface area contributed by atoms with Crippen LogP contribution < -0.4 is 15.9 Å². The van der Waals surface area contributed by atoms with Gasteiger partial charge in [-0.15, -0.1) is 0 Å². The van der Waals surface area contributed by atoms with E-state index < -0.39 is 7.14 Å². The van der Waals surface area contributed by atoms with Crippen molar-refractivity contribution >= 4 is 72.2 Å². The second-order valence-electron chi connectivity index (χ2n) is 11.6. The second-order valence-corrected chi connectivity index (χ2v) is 14.3. The summed E-state index contributed by atoms with van der Waals surface area (Å²) in [5.41, 5.74) is 6.25. The van der Waals surface area contributed by atoms with Crippen molar-refractivity contribution in [1.29, 1.82) is 0 Å². The number of fused-ring (bicyclic) bond motifs is 9. The topological polar surface area (TPSA) is 34.4 Å². The summed E-state index contributed by atoms with van der Waals surface area (Å²) >= 11 is 0. The van der Waals surface area contributed by atoms with E-state index in [1.807, 2.05) is 72.8 Å². The molecule has 0 unspecified atom stereocenters. The van der Waals surface area contributed by atoms with Gasteiger partial charge in [-0.1, -0.05) is 127 Å². The fourth-order valence-corrected chi connectivity index (χ4v) is 9.48. The molecule has 212 valence electrons. The Labute approximate surface area is 260 Å². The molecular weight excluding hydrogens is 567 g/mol. The van der Waals surface area contributed by atoms with Crippen molar-refractivity contribution in [3.8, 4) is 11.1 Å². The monoisotopic (exact) mass is 594 g/mol. The zero-order chi connectivity index (χ0) is 30.0. The molecule has 0 saturated heterocycles. The summed E-state index contributed by atoms with van der Waals surface area (Å²) in [7, 11) is -3.17. The molecular formula is C41H27N2OP. The van der Waals surface area contributed by atoms with Crippen molar-refractivity contribution < 1.29 is 4.57 Å². The van der Waals surface area contributed by atoms with Gasteiger partial charge in [0.25, 0.3) is 0 Å². The van der Waals surface area contributed by atoms with Crippen LogP contribution in [-0.2, 0) is 4.57 Å². The van der Waals surface area contributed by atoms with Crippen LogP contribution in [0.15, 0.2) is 164 Å². The van der Waals surface area contributed by atoms with Gasteiger partial charge in [0.05, 0.1) is 16.6 Å². The number of hydrogen-bond donors (Lipinski definition) is 0. The lowest BCUT2D eigenvalue weighted by Gasteiger charge is -2.21. The molecule has 0 aliphatic heterocycles. The molecule has 0 N–H and O–H groups in total. The lowest BCUT2D eigenvalue weighted by atomic mass is 9.97. The van der Waals surface area contributed by atoms with Crippen LogP contribution in [0.25, 0.3) is 60.3 Å². The molecule has 0 atom stereocenters. The fourth-order valence-electron chi connectivity index (χ4n) is 6.82. The first-order chi connectivity index (χ1) is 22.2. The maximum atomic E-state index is 15.4. The van der Waals surface area contributed by atoms with Crippen molar-refractivity contribution in [2.75, 3.05) is 0 Å². The first kappa shape index (κ1) is 25.9. The van der Waals surface area contributed by atoms with E-state index in [1.54, 1.807) is 0 Å². The molecule has 0 saturated carbocycles. The van der Waals surface area contributed by atoms with E-state index in [1.165, 1.54) is 21.9 Å². The predicted molar refractivity (Wildman–Crippen MR) is 190 cm³/mol. The summed E-state index contributed by atoms with van der Waals surface area (Å²) in [5.74, 6) is 0. The third kappa shape index (κ3) is 3.98. The standard InChI is InChI=1S/C41H27N2OP/c44-45(32-14-6-2-7-15-32,33-16-8-3-9-17-33)34-22-23-35-36-26-31-24-29(28-12-4-1-5-13-28)20-21-30(31)25-37(36)41-42-38-18-10-11-19-39(38)43(41)40(35)27-34/h1-27H. The van der Waals surface area contributed by atoms with Crippen LogP contribution in [0.2, 0.25) is 0 Å². The second kappa shape index (κ2) is 10.0. The lowest BCUT2D eigenvalue weighted by Crippen LogP contribution is -2.25. The maximum Gasteiger partial charge on any atom is 0.171 e. The molecule has 2 heterocycles. The van der Waals surface area contributed by atoms with Crippen molar-refractivity contribution in [2.24, 2.45) is 0 Å². The van der Waals surface area contributed by atoms with Crippen LogP contribution in [0.3, 0.4) is 0 Å². The van der Waals surface area contributed by atoms with Gasteiger partial charge in [-0.05, 0) is 63.7 Å². The minimum Gasteiger partial charge on any atom is -0.309 e. The maximum absolute atomic E-state index is 15.4. The van der Waals surface area contributed by atoms with E-state index in [0.29, 0.717) is 0 Å². The van der Waals surface area contributed by atoms with E-state index in [4.69, 9.17) is 4.98 Å². The van der Waals surface area contributed by atoms with Gasteiger partial charge < -0.3 is 4.57 Å². The SMILES string of the molecule is O=P(c1ccccc1)(c1ccccc1)c1ccc2c3cc4cc(-c5ccccc5)ccc4cc3c3nc4ccccc4n3c2c1. The molecule has 2 aromatic heterocycles. The average molecular weight is 595 g/mol. The fraction of sp³-hybridized carbons (Fsp3) is 0. The number of para-hydroxylation sites is 2. The third-order valence-electron chi connectivity index (χ3n) is 9.00. The number of rotatable bonds is 4. The molecule has 7 aromatic carbocycles. The van der Waals surface area contributed by atoms with Crippen LogP contribution in [0.4, 0.5) is 0 Å². The number of hydrogen-bond acceptors (Lipinski definition) is 2. The summed E-state index contributed by atoms with van der Waals surface area (Å²) in [6, 6.07) is 56.1. The van der Waals surface area contributed by atoms with Crippen LogP contribution in [-0.4, -0.2) is 9.38 Å². The Kier molecular flexibility index (Phi) is 5.78. The van der Waals surface area contributed by atoms with Gasteiger partial charge in [0.1, 0.15) is 5.65 Å². The molecule has 0 aliphatic rings. The van der Waals surface area contributed by atoms with Gasteiger partial charge in [0, 0.05) is 26.7 Å². The minimum atomic E-state index is -3.17. The van der Waals surface area contributed by atoms with Crippen LogP contribution >= 0.6 is 7.14 Å². The van der Waals surface area contributed by atoms with Crippen molar-refractivity contribution in [3.05, 3.63) is 164 Å². The van der Waals surface area contributed by atoms with Crippen molar-refractivity contribution in [1.82, 2.24) is 9.38 Å². The Hall–Kier alpha value is -5.50. The molecule has 0 spiro atoms. The molecule has 0 bridgehead atoms. The van der Waals surface area contributed by atoms with Crippen molar-refractivity contribution in [3.63, 3.8) is 0 Å². The Bertz CT molecular complexity index is 2570. The quantitative estimate of drug-likeness (QED) is 0.116. The highest BCUT2D eigenvalue weighted by Crippen LogP contribution is 2.44. The summed E-state index contributed by atoms with van der Waals surface area (Å²) < 4.78 is 17.6. The van der Waals surface area contributed by atoms with Gasteiger partial charge in [0.2, 0.25) is 0 Å². The highest BCUT2D eigenvalue weighted by atomic mass is 31.2. The first-order valence-electron chi connectivity index (χ1n) is 15.2. The van der Waals surface area contributed by atoms with E-state index in [0.717, 1.165) is 54.3 Å². The number of nitrogens with zero attached hydrogens (tertiary/aromatic N) is 2. The largest absolute Gasteiger partial charge is 0.309 e. The van der Waals surface area contributed by atoms with E-state index >= 15 is 4.57 Å². The molecule has 0 fully saturated rings. The highest BCUT2D eigenvalue weighted by molar-refractivity contribution is 7.85. The zero-order valence-corrected chi connectivity index (χ0v) is 25.2. The average Bonchev–Trinajstić information content (AvgIpc) is 3.51. The molecule has 45 heavy (non-hydrogen) atoms. The summed E-state index contributed by atoms with van der Waals surface area (Å²) in [5, 5.41) is 8.12. The molecule has 0 aliphatic carbocycles. The Morgan fingerprint density at radius 1 is 0.444 bits per heavy atom. The van der Waals surface area contributed by atoms with Gasteiger partial charge in [0.15, 0.2) is 7.14 Å². The van der Waals surface area contributed by atoms with E-state index in [2.05, 4.69) is 95.4 Å². The van der Waals surface area contributed by atoms with Crippen LogP contribution in [0.5, 0.6) is 0 Å². The lowest BCUT2D eigenvalue weighted by molar-refractivity contribution is 0.592. The molecule has 0 radical (unpaired) electrons. The predicted octanol–water partition coefficient (Wildman–Crippen LogP) is 9.25. The van der Waals surface area contributed by atoms with Crippen LogP contribution in [0, 0.1) is 0 Å². The van der Waals surface area contributed by atoms with Gasteiger partial charge in [-0.2, -0.15) is 0 Å². The number of aromatic nitrogens is 2. The van der Waals surface area contributed by atoms with E-state index in [-0.39, 0.29) is 0 Å². The number of benzene rings is 7. The number of imidazole rings is 1. The van der Waals surface area contributed by atoms with Crippen LogP contribution in [0.1, 0.15) is 0 Å². The third-order valence-corrected chi connectivity index (χ3v) is 12.1. The molecule has 4 heteroatoms. The van der Waals surface area contributed by atoms with Gasteiger partial charge in [-0.3, -0.25) is 4.40 Å². The first-order valence-corrected chi connectivity index (χ1v) is 16.9. The Morgan fingerprint density at radius 2 is 1.09 bits per heavy atom. The molecule has 3 nitrogen and oxygen atoms in total. The Morgan fingerprint density at radius 3 is 1.82 bits per heavy atom. The Balaban J connectivity index is 1.39. The number of pyridine rings is 1. The summed E-state index contributed by atoms with van der Waals surface area (Å²) in [6.45, 7) is 0. The normalized spacial score (nSPS) is 12.1. The summed E-state index contributed by atoms with van der Waals surface area (Å²) in [4.78, 5) is 5.17. The minimum absolute atomic E-state index is 0.804. The summed E-state index contributed by atoms with van der Waals surface area (Å²) in [6.07, 6.45) is 0. The smallest absolute Gasteiger partial charge is 0.171 e. The highest BCUT2D eigenvalue weighted by Gasteiger charge is 2.30. The van der Waals surface area contributed by atoms with E-state index in [9.17, 15) is 0 Å². The van der Waals surface area contributed by atoms with Gasteiger partial charge >= 0.3 is 0 Å². The van der Waals surface area contributed by atoms with Gasteiger partial charge in [-0.25, -0.2) is 4.98 Å². The zero-order valence-electron chi connectivity index (χ0n) is 24.3. The molecule has 9 aromatic rings. The molecule has 0 amide bonds. The molecule has 9 rings (SSSR count). The van der Waals surface area contributed by atoms with Crippen molar-refractivity contribution in [2.45, 2.75) is 0 Å².